The van der Waals surface area contributed by atoms with E-state index in [1.54, 1.807) is 12.1 Å². The normalized spacial score (nSPS) is 13.2. The zero-order chi connectivity index (χ0) is 18.3. The molecule has 0 aromatic heterocycles. The molecule has 8 nitrogen and oxygen atoms in total. The number of benzene rings is 1. The molecular weight excluding hydrogens is 346 g/mol. The van der Waals surface area contributed by atoms with Crippen LogP contribution in [0.15, 0.2) is 40.6 Å². The van der Waals surface area contributed by atoms with Crippen LogP contribution < -0.4 is 5.73 Å². The number of carboxylic acid groups (broad SMARTS) is 1. The minimum Gasteiger partial charge on any atom is -0.744 e. The van der Waals surface area contributed by atoms with Gasteiger partial charge in [-0.15, -0.1) is 0 Å². The highest BCUT2D eigenvalue weighted by atomic mass is 32.2. The predicted molar refractivity (Wildman–Crippen MR) is 83.4 cm³/mol. The summed E-state index contributed by atoms with van der Waals surface area (Å²) in [6, 6.07) is 5.03. The fourth-order valence-corrected chi connectivity index (χ4v) is 2.17. The number of aryl methyl sites for hydroxylation is 1. The lowest BCUT2D eigenvalue weighted by Crippen LogP contribution is -2.21. The van der Waals surface area contributed by atoms with Gasteiger partial charge < -0.3 is 15.4 Å². The maximum Gasteiger partial charge on any atom is 0.305 e. The first-order chi connectivity index (χ1) is 10.3. The van der Waals surface area contributed by atoms with Gasteiger partial charge in [0, 0.05) is 17.7 Å². The zero-order valence-corrected chi connectivity index (χ0v) is 14.2. The SMILES string of the molecule is CS(=O)(=O)/C=C/[C@@H](N)CC(=O)O.Cc1ccc(S(=O)(=O)[O-])cc1. The zero-order valence-electron chi connectivity index (χ0n) is 12.5. The van der Waals surface area contributed by atoms with E-state index in [0.29, 0.717) is 0 Å². The maximum absolute atomic E-state index is 10.5. The number of carboxylic acids is 1. The van der Waals surface area contributed by atoms with E-state index in [2.05, 4.69) is 0 Å². The van der Waals surface area contributed by atoms with Crippen molar-refractivity contribution in [2.45, 2.75) is 24.3 Å². The van der Waals surface area contributed by atoms with Crippen molar-refractivity contribution in [3.8, 4) is 0 Å². The van der Waals surface area contributed by atoms with Crippen LogP contribution in [0.3, 0.4) is 0 Å². The van der Waals surface area contributed by atoms with Gasteiger partial charge in [0.15, 0.2) is 9.84 Å². The Labute approximate surface area is 135 Å². The highest BCUT2D eigenvalue weighted by molar-refractivity contribution is 7.93. The van der Waals surface area contributed by atoms with Crippen LogP contribution >= 0.6 is 0 Å². The van der Waals surface area contributed by atoms with Gasteiger partial charge in [-0.1, -0.05) is 23.8 Å². The Morgan fingerprint density at radius 2 is 1.74 bits per heavy atom. The summed E-state index contributed by atoms with van der Waals surface area (Å²) in [7, 11) is -7.48. The third-order valence-corrected chi connectivity index (χ3v) is 3.79. The largest absolute Gasteiger partial charge is 0.744 e. The molecule has 0 bridgehead atoms. The van der Waals surface area contributed by atoms with Crippen molar-refractivity contribution in [3.05, 3.63) is 41.3 Å². The van der Waals surface area contributed by atoms with E-state index in [1.165, 1.54) is 12.1 Å². The van der Waals surface area contributed by atoms with E-state index in [-0.39, 0.29) is 11.3 Å². The monoisotopic (exact) mass is 364 g/mol. The summed E-state index contributed by atoms with van der Waals surface area (Å²) in [6.45, 7) is 1.82. The van der Waals surface area contributed by atoms with Crippen molar-refractivity contribution < 1.29 is 31.3 Å². The summed E-state index contributed by atoms with van der Waals surface area (Å²) in [5, 5.41) is 9.15. The Hall–Kier alpha value is -1.75. The van der Waals surface area contributed by atoms with Gasteiger partial charge in [0.1, 0.15) is 10.1 Å². The molecular formula is C13H18NO7S2-. The summed E-state index contributed by atoms with van der Waals surface area (Å²) < 4.78 is 52.2. The van der Waals surface area contributed by atoms with Crippen molar-refractivity contribution in [2.75, 3.05) is 6.26 Å². The van der Waals surface area contributed by atoms with Crippen LogP contribution in [-0.4, -0.2) is 44.8 Å². The quantitative estimate of drug-likeness (QED) is 0.704. The third-order valence-electron chi connectivity index (χ3n) is 2.29. The fourth-order valence-electron chi connectivity index (χ4n) is 1.22. The second-order valence-electron chi connectivity index (χ2n) is 4.69. The molecule has 0 saturated carbocycles. The lowest BCUT2D eigenvalue weighted by Gasteiger charge is -2.05. The molecule has 0 spiro atoms. The van der Waals surface area contributed by atoms with Crippen molar-refractivity contribution in [1.82, 2.24) is 0 Å². The lowest BCUT2D eigenvalue weighted by atomic mass is 10.2. The number of aliphatic carboxylic acids is 1. The van der Waals surface area contributed by atoms with Crippen LogP contribution in [0.2, 0.25) is 0 Å². The summed E-state index contributed by atoms with van der Waals surface area (Å²) in [6.07, 6.45) is 1.90. The Kier molecular flexibility index (Phi) is 8.10. The molecule has 0 unspecified atom stereocenters. The smallest absolute Gasteiger partial charge is 0.305 e. The van der Waals surface area contributed by atoms with E-state index in [1.807, 2.05) is 6.92 Å². The predicted octanol–water partition coefficient (Wildman–Crippen LogP) is 0.246. The van der Waals surface area contributed by atoms with Crippen LogP contribution in [0.5, 0.6) is 0 Å². The minimum atomic E-state index is -4.27. The molecule has 0 saturated heterocycles. The Balaban J connectivity index is 0.000000422. The molecule has 1 atom stereocenters. The number of rotatable bonds is 5. The van der Waals surface area contributed by atoms with E-state index < -0.39 is 32.0 Å². The van der Waals surface area contributed by atoms with Crippen molar-refractivity contribution in [3.63, 3.8) is 0 Å². The first-order valence-corrected chi connectivity index (χ1v) is 9.56. The van der Waals surface area contributed by atoms with Gasteiger partial charge >= 0.3 is 5.97 Å². The molecule has 0 heterocycles. The molecule has 0 amide bonds. The van der Waals surface area contributed by atoms with E-state index >= 15 is 0 Å². The molecule has 1 aromatic rings. The van der Waals surface area contributed by atoms with Gasteiger partial charge in [0.05, 0.1) is 11.3 Å². The van der Waals surface area contributed by atoms with E-state index in [4.69, 9.17) is 10.8 Å². The second kappa shape index (κ2) is 8.77. The summed E-state index contributed by atoms with van der Waals surface area (Å²) in [4.78, 5) is 9.89. The number of hydrogen-bond acceptors (Lipinski definition) is 7. The highest BCUT2D eigenvalue weighted by Gasteiger charge is 2.04. The molecule has 0 aliphatic carbocycles. The van der Waals surface area contributed by atoms with Gasteiger partial charge in [0.2, 0.25) is 0 Å². The second-order valence-corrected chi connectivity index (χ2v) is 8.00. The number of carbonyl (C=O) groups is 1. The first-order valence-electron chi connectivity index (χ1n) is 6.19. The fraction of sp³-hybridized carbons (Fsp3) is 0.308. The van der Waals surface area contributed by atoms with Crippen LogP contribution in [0.25, 0.3) is 0 Å². The summed E-state index contributed by atoms with van der Waals surface area (Å²) in [5.41, 5.74) is 6.18. The minimum absolute atomic E-state index is 0.178. The highest BCUT2D eigenvalue weighted by Crippen LogP contribution is 2.08. The van der Waals surface area contributed by atoms with Gasteiger partial charge in [-0.25, -0.2) is 16.8 Å². The molecule has 3 N–H and O–H groups in total. The molecule has 1 aromatic carbocycles. The molecule has 0 fully saturated rings. The van der Waals surface area contributed by atoms with Crippen LogP contribution in [-0.2, 0) is 24.7 Å². The summed E-state index contributed by atoms with van der Waals surface area (Å²) in [5.74, 6) is -1.05. The molecule has 0 radical (unpaired) electrons. The van der Waals surface area contributed by atoms with Crippen molar-refractivity contribution in [1.29, 1.82) is 0 Å². The molecule has 130 valence electrons. The lowest BCUT2D eigenvalue weighted by molar-refractivity contribution is -0.137. The molecule has 0 aliphatic heterocycles. The Morgan fingerprint density at radius 3 is 2.09 bits per heavy atom. The Bertz CT molecular complexity index is 750. The third kappa shape index (κ3) is 11.5. The van der Waals surface area contributed by atoms with Gasteiger partial charge in [-0.05, 0) is 19.1 Å². The maximum atomic E-state index is 10.5. The van der Waals surface area contributed by atoms with Crippen LogP contribution in [0, 0.1) is 6.92 Å². The van der Waals surface area contributed by atoms with Crippen molar-refractivity contribution >= 4 is 25.9 Å². The number of hydrogen-bond donors (Lipinski definition) is 2. The van der Waals surface area contributed by atoms with Gasteiger partial charge in [-0.3, -0.25) is 4.79 Å². The van der Waals surface area contributed by atoms with E-state index in [0.717, 1.165) is 23.3 Å². The van der Waals surface area contributed by atoms with Crippen molar-refractivity contribution in [2.24, 2.45) is 5.73 Å². The molecule has 23 heavy (non-hydrogen) atoms. The summed E-state index contributed by atoms with van der Waals surface area (Å²) >= 11 is 0. The van der Waals surface area contributed by atoms with E-state index in [9.17, 15) is 26.2 Å². The average Bonchev–Trinajstić information content (AvgIpc) is 2.35. The van der Waals surface area contributed by atoms with Crippen LogP contribution in [0.1, 0.15) is 12.0 Å². The molecule has 1 rings (SSSR count). The van der Waals surface area contributed by atoms with Gasteiger partial charge in [-0.2, -0.15) is 0 Å². The number of sulfone groups is 1. The Morgan fingerprint density at radius 1 is 1.26 bits per heavy atom. The average molecular weight is 364 g/mol. The van der Waals surface area contributed by atoms with Gasteiger partial charge in [0.25, 0.3) is 0 Å². The molecule has 0 aliphatic rings. The standard InChI is InChI=1S/C7H8O3S.C6H11NO4S/c1-6-2-4-7(5-3-6)11(8,9)10;1-12(10,11)3-2-5(7)4-6(8)9/h2-5H,1H3,(H,8,9,10);2-3,5H,4,7H2,1H3,(H,8,9)/p-1/b;3-2+/t;5-/m.1/s1. The topological polar surface area (TPSA) is 155 Å². The first kappa shape index (κ1) is 21.2. The molecule has 10 heteroatoms. The van der Waals surface area contributed by atoms with Crippen LogP contribution in [0.4, 0.5) is 0 Å². The number of nitrogens with two attached hydrogens (primary N) is 1.